The van der Waals surface area contributed by atoms with Gasteiger partial charge in [0, 0.05) is 13.5 Å². The van der Waals surface area contributed by atoms with Crippen molar-refractivity contribution in [2.75, 3.05) is 11.9 Å². The number of nitrogens with one attached hydrogen (secondary N) is 1. The highest BCUT2D eigenvalue weighted by Gasteiger charge is 2.32. The molecule has 1 aromatic heterocycles. The molecule has 1 fully saturated rings. The lowest BCUT2D eigenvalue weighted by Crippen LogP contribution is -2.42. The number of thiazole rings is 1. The van der Waals surface area contributed by atoms with Crippen molar-refractivity contribution in [3.05, 3.63) is 24.0 Å². The molecule has 1 atom stereocenters. The Morgan fingerprint density at radius 3 is 3.00 bits per heavy atom. The molecule has 1 aromatic carbocycles. The lowest BCUT2D eigenvalue weighted by Gasteiger charge is -2.21. The number of para-hydroxylation sites is 1. The normalized spacial score (nSPS) is 18.2. The summed E-state index contributed by atoms with van der Waals surface area (Å²) in [6.07, 6.45) is 1.46. The zero-order valence-corrected chi connectivity index (χ0v) is 12.2. The fourth-order valence-electron chi connectivity index (χ4n) is 2.57. The Balaban J connectivity index is 1.80. The summed E-state index contributed by atoms with van der Waals surface area (Å²) in [7, 11) is 0. The zero-order chi connectivity index (χ0) is 15.0. The van der Waals surface area contributed by atoms with Crippen LogP contribution in [0.2, 0.25) is 0 Å². The summed E-state index contributed by atoms with van der Waals surface area (Å²) in [6, 6.07) is 4.24. The van der Waals surface area contributed by atoms with E-state index in [1.807, 2.05) is 0 Å². The van der Waals surface area contributed by atoms with E-state index < -0.39 is 11.9 Å². The average molecular weight is 307 g/mol. The van der Waals surface area contributed by atoms with Gasteiger partial charge in [-0.05, 0) is 25.0 Å². The van der Waals surface area contributed by atoms with Gasteiger partial charge in [0.25, 0.3) is 0 Å². The van der Waals surface area contributed by atoms with Crippen LogP contribution in [0.4, 0.5) is 9.52 Å². The number of hydrogen-bond acceptors (Lipinski definition) is 4. The van der Waals surface area contributed by atoms with Crippen molar-refractivity contribution in [1.29, 1.82) is 0 Å². The first-order chi connectivity index (χ1) is 10.1. The third-order valence-corrected chi connectivity index (χ3v) is 4.50. The minimum Gasteiger partial charge on any atom is -0.331 e. The molecule has 1 N–H and O–H groups in total. The Morgan fingerprint density at radius 1 is 1.48 bits per heavy atom. The maximum atomic E-state index is 13.6. The van der Waals surface area contributed by atoms with Crippen LogP contribution in [0.3, 0.4) is 0 Å². The number of fused-ring (bicyclic) bond motifs is 1. The number of rotatable bonds is 2. The van der Waals surface area contributed by atoms with Gasteiger partial charge in [-0.2, -0.15) is 0 Å². The molecule has 7 heteroatoms. The highest BCUT2D eigenvalue weighted by Crippen LogP contribution is 2.28. The molecule has 0 radical (unpaired) electrons. The lowest BCUT2D eigenvalue weighted by atomic mass is 10.2. The Hall–Kier alpha value is -2.02. The number of halogens is 1. The number of aromatic nitrogens is 1. The van der Waals surface area contributed by atoms with Crippen LogP contribution in [0.1, 0.15) is 19.8 Å². The van der Waals surface area contributed by atoms with Gasteiger partial charge in [-0.15, -0.1) is 0 Å². The maximum Gasteiger partial charge on any atom is 0.248 e. The number of carbonyl (C=O) groups is 2. The van der Waals surface area contributed by atoms with Crippen molar-refractivity contribution in [2.24, 2.45) is 0 Å². The SMILES string of the molecule is CC(=O)N1CCC[C@H]1C(=O)Nc1nc2c(F)cccc2s1. The van der Waals surface area contributed by atoms with E-state index in [2.05, 4.69) is 10.3 Å². The van der Waals surface area contributed by atoms with Crippen molar-refractivity contribution in [3.63, 3.8) is 0 Å². The second-order valence-corrected chi connectivity index (χ2v) is 6.00. The second kappa shape index (κ2) is 5.40. The minimum atomic E-state index is -0.459. The summed E-state index contributed by atoms with van der Waals surface area (Å²) in [6.45, 7) is 2.06. The largest absolute Gasteiger partial charge is 0.331 e. The number of anilines is 1. The molecule has 0 aliphatic carbocycles. The summed E-state index contributed by atoms with van der Waals surface area (Å²) in [4.78, 5) is 29.4. The Morgan fingerprint density at radius 2 is 2.29 bits per heavy atom. The van der Waals surface area contributed by atoms with Gasteiger partial charge in [0.1, 0.15) is 17.4 Å². The van der Waals surface area contributed by atoms with Crippen molar-refractivity contribution < 1.29 is 14.0 Å². The molecule has 3 rings (SSSR count). The van der Waals surface area contributed by atoms with Crippen molar-refractivity contribution in [3.8, 4) is 0 Å². The van der Waals surface area contributed by atoms with Crippen LogP contribution in [-0.4, -0.2) is 34.3 Å². The highest BCUT2D eigenvalue weighted by atomic mass is 32.1. The molecule has 2 heterocycles. The summed E-state index contributed by atoms with van der Waals surface area (Å²) in [5, 5.41) is 3.05. The second-order valence-electron chi connectivity index (χ2n) is 4.97. The number of likely N-dealkylation sites (tertiary alicyclic amines) is 1. The van der Waals surface area contributed by atoms with Crippen LogP contribution < -0.4 is 5.32 Å². The van der Waals surface area contributed by atoms with Gasteiger partial charge >= 0.3 is 0 Å². The van der Waals surface area contributed by atoms with Crippen LogP contribution in [0.25, 0.3) is 10.2 Å². The maximum absolute atomic E-state index is 13.6. The molecule has 21 heavy (non-hydrogen) atoms. The summed E-state index contributed by atoms with van der Waals surface area (Å²) in [5.41, 5.74) is 0.257. The fourth-order valence-corrected chi connectivity index (χ4v) is 3.46. The molecule has 1 saturated heterocycles. The Bertz CT molecular complexity index is 715. The molecule has 0 bridgehead atoms. The van der Waals surface area contributed by atoms with Gasteiger partial charge < -0.3 is 10.2 Å². The van der Waals surface area contributed by atoms with Crippen molar-refractivity contribution in [1.82, 2.24) is 9.88 Å². The van der Waals surface area contributed by atoms with Gasteiger partial charge in [-0.25, -0.2) is 9.37 Å². The molecule has 2 amide bonds. The molecule has 2 aromatic rings. The molecular formula is C14H14FN3O2S. The molecule has 1 aliphatic heterocycles. The fraction of sp³-hybridized carbons (Fsp3) is 0.357. The predicted octanol–water partition coefficient (Wildman–Crippen LogP) is 2.38. The first-order valence-corrected chi connectivity index (χ1v) is 7.51. The topological polar surface area (TPSA) is 62.3 Å². The molecule has 1 aliphatic rings. The van der Waals surface area contributed by atoms with Gasteiger partial charge in [0.2, 0.25) is 11.8 Å². The number of hydrogen-bond donors (Lipinski definition) is 1. The number of nitrogens with zero attached hydrogens (tertiary/aromatic N) is 2. The van der Waals surface area contributed by atoms with E-state index in [1.54, 1.807) is 17.0 Å². The molecule has 0 unspecified atom stereocenters. The zero-order valence-electron chi connectivity index (χ0n) is 11.4. The van der Waals surface area contributed by atoms with Gasteiger partial charge in [-0.1, -0.05) is 17.4 Å². The number of amides is 2. The number of benzene rings is 1. The van der Waals surface area contributed by atoms with Crippen LogP contribution in [0.5, 0.6) is 0 Å². The third-order valence-electron chi connectivity index (χ3n) is 3.56. The van der Waals surface area contributed by atoms with Crippen LogP contribution >= 0.6 is 11.3 Å². The summed E-state index contributed by atoms with van der Waals surface area (Å²) in [5.74, 6) is -0.777. The van der Waals surface area contributed by atoms with Gasteiger partial charge in [-0.3, -0.25) is 9.59 Å². The molecular weight excluding hydrogens is 293 g/mol. The Kier molecular flexibility index (Phi) is 3.59. The van der Waals surface area contributed by atoms with Gasteiger partial charge in [0.05, 0.1) is 4.70 Å². The quantitative estimate of drug-likeness (QED) is 0.926. The average Bonchev–Trinajstić information content (AvgIpc) is 3.04. The van der Waals surface area contributed by atoms with E-state index in [0.29, 0.717) is 22.8 Å². The van der Waals surface area contributed by atoms with E-state index >= 15 is 0 Å². The van der Waals surface area contributed by atoms with Gasteiger partial charge in [0.15, 0.2) is 5.13 Å². The van der Waals surface area contributed by atoms with Crippen LogP contribution in [0.15, 0.2) is 18.2 Å². The minimum absolute atomic E-state index is 0.108. The smallest absolute Gasteiger partial charge is 0.248 e. The van der Waals surface area contributed by atoms with E-state index in [-0.39, 0.29) is 17.3 Å². The van der Waals surface area contributed by atoms with E-state index in [0.717, 1.165) is 6.42 Å². The summed E-state index contributed by atoms with van der Waals surface area (Å²) < 4.78 is 14.3. The third kappa shape index (κ3) is 2.61. The monoisotopic (exact) mass is 307 g/mol. The van der Waals surface area contributed by atoms with Crippen LogP contribution in [0, 0.1) is 5.82 Å². The first kappa shape index (κ1) is 13.9. The predicted molar refractivity (Wildman–Crippen MR) is 78.6 cm³/mol. The van der Waals surface area contributed by atoms with E-state index in [1.165, 1.54) is 24.3 Å². The number of carbonyl (C=O) groups excluding carboxylic acids is 2. The van der Waals surface area contributed by atoms with Crippen LogP contribution in [-0.2, 0) is 9.59 Å². The van der Waals surface area contributed by atoms with E-state index in [4.69, 9.17) is 0 Å². The highest BCUT2D eigenvalue weighted by molar-refractivity contribution is 7.22. The standard InChI is InChI=1S/C14H14FN3O2S/c1-8(19)18-7-3-5-10(18)13(20)17-14-16-12-9(15)4-2-6-11(12)21-14/h2,4,6,10H,3,5,7H2,1H3,(H,16,17,20)/t10-/m0/s1. The first-order valence-electron chi connectivity index (χ1n) is 6.69. The van der Waals surface area contributed by atoms with Crippen molar-refractivity contribution in [2.45, 2.75) is 25.8 Å². The Labute approximate surface area is 124 Å². The molecule has 0 saturated carbocycles. The summed E-state index contributed by atoms with van der Waals surface area (Å²) >= 11 is 1.22. The molecule has 0 spiro atoms. The van der Waals surface area contributed by atoms with E-state index in [9.17, 15) is 14.0 Å². The van der Waals surface area contributed by atoms with Crippen molar-refractivity contribution >= 4 is 38.5 Å². The lowest BCUT2D eigenvalue weighted by molar-refractivity contribution is -0.134. The molecule has 5 nitrogen and oxygen atoms in total. The molecule has 110 valence electrons.